The van der Waals surface area contributed by atoms with Gasteiger partial charge in [-0.2, -0.15) is 12.6 Å². The fraction of sp³-hybridized carbons (Fsp3) is 0.500. The number of carboxylic acid groups (broad SMARTS) is 1. The van der Waals surface area contributed by atoms with Gasteiger partial charge < -0.3 is 10.2 Å². The van der Waals surface area contributed by atoms with Gasteiger partial charge >= 0.3 is 5.97 Å². The van der Waals surface area contributed by atoms with E-state index in [1.165, 1.54) is 0 Å². The number of hydrogen-bond donors (Lipinski definition) is 4. The minimum Gasteiger partial charge on any atom is -0.478 e. The second-order valence-electron chi connectivity index (χ2n) is 1.56. The number of thiol groups is 2. The molecule has 1 unspecified atom stereocenters. The number of ketones is 1. The van der Waals surface area contributed by atoms with E-state index in [-0.39, 0.29) is 5.75 Å². The smallest absolute Gasteiger partial charge is 0.354 e. The second kappa shape index (κ2) is 3.27. The molecule has 0 saturated carbocycles. The summed E-state index contributed by atoms with van der Waals surface area (Å²) in [6.07, 6.45) is 0. The third-order valence-corrected chi connectivity index (χ3v) is 1.56. The second-order valence-corrected chi connectivity index (χ2v) is 2.52. The maximum Gasteiger partial charge on any atom is 0.354 e. The first kappa shape index (κ1) is 9.80. The molecule has 0 aromatic heterocycles. The molecule has 0 aliphatic rings. The topological polar surface area (TPSA) is 74.6 Å². The van der Waals surface area contributed by atoms with E-state index in [0.717, 1.165) is 0 Å². The van der Waals surface area contributed by atoms with Crippen LogP contribution < -0.4 is 0 Å². The van der Waals surface area contributed by atoms with Crippen molar-refractivity contribution in [3.63, 3.8) is 0 Å². The van der Waals surface area contributed by atoms with Crippen LogP contribution in [0, 0.1) is 0 Å². The van der Waals surface area contributed by atoms with E-state index >= 15 is 0 Å². The standard InChI is InChI=1S/C4H6O4S2/c5-2(1-9)4(8,10)3(6)7/h8-10H,1H2,(H,6,7). The van der Waals surface area contributed by atoms with Crippen LogP contribution in [-0.4, -0.2) is 32.7 Å². The van der Waals surface area contributed by atoms with Crippen LogP contribution in [0.15, 0.2) is 0 Å². The van der Waals surface area contributed by atoms with Crippen molar-refractivity contribution in [1.29, 1.82) is 0 Å². The van der Waals surface area contributed by atoms with E-state index < -0.39 is 16.7 Å². The number of hydrogen-bond acceptors (Lipinski definition) is 5. The molecule has 0 saturated heterocycles. The van der Waals surface area contributed by atoms with Gasteiger partial charge in [-0.3, -0.25) is 4.79 Å². The van der Waals surface area contributed by atoms with E-state index in [1.54, 1.807) is 0 Å². The van der Waals surface area contributed by atoms with Crippen LogP contribution in [-0.2, 0) is 9.59 Å². The summed E-state index contributed by atoms with van der Waals surface area (Å²) < 4.78 is 0. The first-order valence-corrected chi connectivity index (χ1v) is 3.33. The van der Waals surface area contributed by atoms with Crippen LogP contribution in [0.5, 0.6) is 0 Å². The van der Waals surface area contributed by atoms with Crippen LogP contribution in [0.3, 0.4) is 0 Å². The van der Waals surface area contributed by atoms with E-state index in [2.05, 4.69) is 25.3 Å². The summed E-state index contributed by atoms with van der Waals surface area (Å²) in [5.74, 6) is -2.99. The van der Waals surface area contributed by atoms with Gasteiger partial charge in [-0.25, -0.2) is 4.79 Å². The molecule has 0 aliphatic carbocycles. The molecule has 0 rings (SSSR count). The predicted molar refractivity (Wildman–Crippen MR) is 40.4 cm³/mol. The average Bonchev–Trinajstić information content (AvgIpc) is 1.86. The highest BCUT2D eigenvalue weighted by Gasteiger charge is 2.38. The lowest BCUT2D eigenvalue weighted by atomic mass is 10.2. The summed E-state index contributed by atoms with van der Waals surface area (Å²) in [6, 6.07) is 0. The van der Waals surface area contributed by atoms with Gasteiger partial charge in [-0.15, -0.1) is 12.6 Å². The highest BCUT2D eigenvalue weighted by atomic mass is 32.1. The molecule has 0 bridgehead atoms. The largest absolute Gasteiger partial charge is 0.478 e. The van der Waals surface area contributed by atoms with Crippen LogP contribution in [0.4, 0.5) is 0 Å². The zero-order chi connectivity index (χ0) is 8.36. The van der Waals surface area contributed by atoms with E-state index in [0.29, 0.717) is 0 Å². The fourth-order valence-corrected chi connectivity index (χ4v) is 0.662. The molecule has 4 nitrogen and oxygen atoms in total. The first-order chi connectivity index (χ1) is 4.42. The fourth-order valence-electron chi connectivity index (χ4n) is 0.230. The van der Waals surface area contributed by atoms with Crippen molar-refractivity contribution in [2.24, 2.45) is 0 Å². The molecule has 0 fully saturated rings. The first-order valence-electron chi connectivity index (χ1n) is 2.25. The molecule has 0 aliphatic heterocycles. The Labute approximate surface area is 68.1 Å². The minimum absolute atomic E-state index is 0.355. The Hall–Kier alpha value is -0.200. The van der Waals surface area contributed by atoms with Gasteiger partial charge in [-0.1, -0.05) is 0 Å². The number of carbonyl (C=O) groups is 2. The zero-order valence-corrected chi connectivity index (χ0v) is 6.60. The Morgan fingerprint density at radius 2 is 1.90 bits per heavy atom. The Morgan fingerprint density at radius 1 is 1.50 bits per heavy atom. The number of aliphatic carboxylic acids is 1. The number of rotatable bonds is 3. The lowest BCUT2D eigenvalue weighted by Crippen LogP contribution is -2.41. The number of Topliss-reactive ketones (excluding diaryl/α,β-unsaturated/α-hetero) is 1. The molecule has 0 aromatic rings. The molecular weight excluding hydrogens is 176 g/mol. The molecule has 2 N–H and O–H groups in total. The normalized spacial score (nSPS) is 15.9. The third-order valence-electron chi connectivity index (χ3n) is 0.831. The molecule has 0 heterocycles. The predicted octanol–water partition coefficient (Wildman–Crippen LogP) is -0.812. The maximum atomic E-state index is 10.5. The van der Waals surface area contributed by atoms with Crippen molar-refractivity contribution in [2.75, 3.05) is 5.75 Å². The van der Waals surface area contributed by atoms with Crippen molar-refractivity contribution in [1.82, 2.24) is 0 Å². The highest BCUT2D eigenvalue weighted by molar-refractivity contribution is 7.84. The minimum atomic E-state index is -2.60. The molecular formula is C4H6O4S2. The van der Waals surface area contributed by atoms with Gasteiger partial charge in [0, 0.05) is 0 Å². The SMILES string of the molecule is O=C(O)C(O)(S)C(=O)CS. The summed E-state index contributed by atoms with van der Waals surface area (Å²) in [5.41, 5.74) is 0. The monoisotopic (exact) mass is 182 g/mol. The number of carbonyl (C=O) groups excluding carboxylic acids is 1. The molecule has 10 heavy (non-hydrogen) atoms. The van der Waals surface area contributed by atoms with Gasteiger partial charge in [0.2, 0.25) is 0 Å². The van der Waals surface area contributed by atoms with E-state index in [9.17, 15) is 9.59 Å². The van der Waals surface area contributed by atoms with Gasteiger partial charge in [0.05, 0.1) is 5.75 Å². The average molecular weight is 182 g/mol. The van der Waals surface area contributed by atoms with Gasteiger partial charge in [0.25, 0.3) is 4.93 Å². The molecule has 58 valence electrons. The summed E-state index contributed by atoms with van der Waals surface area (Å²) >= 11 is 6.70. The van der Waals surface area contributed by atoms with Crippen molar-refractivity contribution in [3.05, 3.63) is 0 Å². The van der Waals surface area contributed by atoms with Crippen LogP contribution in [0.25, 0.3) is 0 Å². The lowest BCUT2D eigenvalue weighted by Gasteiger charge is -2.12. The summed E-state index contributed by atoms with van der Waals surface area (Å²) in [5, 5.41) is 16.9. The maximum absolute atomic E-state index is 10.5. The van der Waals surface area contributed by atoms with Crippen molar-refractivity contribution >= 4 is 37.0 Å². The summed E-state index contributed by atoms with van der Waals surface area (Å²) in [6.45, 7) is 0. The molecule has 0 aromatic carbocycles. The van der Waals surface area contributed by atoms with Crippen LogP contribution >= 0.6 is 25.3 Å². The molecule has 0 spiro atoms. The van der Waals surface area contributed by atoms with Crippen LogP contribution in [0.1, 0.15) is 0 Å². The zero-order valence-electron chi connectivity index (χ0n) is 4.81. The quantitative estimate of drug-likeness (QED) is 0.261. The Kier molecular flexibility index (Phi) is 3.20. The van der Waals surface area contributed by atoms with Gasteiger partial charge in [0.1, 0.15) is 0 Å². The Bertz CT molecular complexity index is 165. The Balaban J connectivity index is 4.40. The lowest BCUT2D eigenvalue weighted by molar-refractivity contribution is -0.154. The van der Waals surface area contributed by atoms with Crippen molar-refractivity contribution in [3.8, 4) is 0 Å². The van der Waals surface area contributed by atoms with Crippen LogP contribution in [0.2, 0.25) is 0 Å². The van der Waals surface area contributed by atoms with E-state index in [4.69, 9.17) is 10.2 Å². The molecule has 0 radical (unpaired) electrons. The van der Waals surface area contributed by atoms with Gasteiger partial charge in [-0.05, 0) is 0 Å². The Morgan fingerprint density at radius 3 is 2.00 bits per heavy atom. The number of carboxylic acids is 1. The summed E-state index contributed by atoms with van der Waals surface area (Å²) in [4.78, 5) is 17.9. The molecule has 1 atom stereocenters. The number of aliphatic hydroxyl groups is 1. The summed E-state index contributed by atoms with van der Waals surface area (Å²) in [7, 11) is 0. The van der Waals surface area contributed by atoms with Crippen molar-refractivity contribution < 1.29 is 19.8 Å². The van der Waals surface area contributed by atoms with Crippen molar-refractivity contribution in [2.45, 2.75) is 4.93 Å². The molecule has 6 heteroatoms. The molecule has 0 amide bonds. The highest BCUT2D eigenvalue weighted by Crippen LogP contribution is 2.11. The van der Waals surface area contributed by atoms with E-state index in [1.807, 2.05) is 0 Å². The third kappa shape index (κ3) is 1.89. The van der Waals surface area contributed by atoms with Gasteiger partial charge in [0.15, 0.2) is 5.78 Å².